The van der Waals surface area contributed by atoms with E-state index in [1.807, 2.05) is 0 Å². The maximum atomic E-state index is 12.6. The Hall–Kier alpha value is -1.09. The first kappa shape index (κ1) is 12.0. The Balaban J connectivity index is 2.33. The minimum Gasteiger partial charge on any atom is -0.383 e. The zero-order chi connectivity index (χ0) is 11.3. The van der Waals surface area contributed by atoms with Crippen molar-refractivity contribution in [3.63, 3.8) is 0 Å². The van der Waals surface area contributed by atoms with Crippen LogP contribution in [0.5, 0.6) is 0 Å². The minimum absolute atomic E-state index is 0.148. The van der Waals surface area contributed by atoms with Crippen LogP contribution in [-0.2, 0) is 0 Å². The molecule has 0 aliphatic rings. The molecule has 0 heterocycles. The Bertz CT molecular complexity index is 282. The fourth-order valence-electron chi connectivity index (χ4n) is 1.51. The van der Waals surface area contributed by atoms with Crippen molar-refractivity contribution < 1.29 is 4.39 Å². The van der Waals surface area contributed by atoms with Gasteiger partial charge in [-0.05, 0) is 36.6 Å². The van der Waals surface area contributed by atoms with E-state index in [9.17, 15) is 4.39 Å². The SMILES string of the molecule is CC(C)CC(N)CNc1ccc(F)cc1. The van der Waals surface area contributed by atoms with Crippen molar-refractivity contribution in [2.24, 2.45) is 11.7 Å². The van der Waals surface area contributed by atoms with E-state index in [-0.39, 0.29) is 11.9 Å². The number of anilines is 1. The van der Waals surface area contributed by atoms with Crippen LogP contribution in [0, 0.1) is 11.7 Å². The molecule has 3 heteroatoms. The molecule has 0 amide bonds. The molecule has 0 aliphatic carbocycles. The number of hydrogen-bond acceptors (Lipinski definition) is 2. The van der Waals surface area contributed by atoms with Gasteiger partial charge in [0.05, 0.1) is 0 Å². The number of nitrogens with one attached hydrogen (secondary N) is 1. The number of benzene rings is 1. The molecule has 15 heavy (non-hydrogen) atoms. The van der Waals surface area contributed by atoms with Gasteiger partial charge in [-0.3, -0.25) is 0 Å². The highest BCUT2D eigenvalue weighted by Crippen LogP contribution is 2.09. The van der Waals surface area contributed by atoms with Crippen molar-refractivity contribution in [2.75, 3.05) is 11.9 Å². The monoisotopic (exact) mass is 210 g/mol. The van der Waals surface area contributed by atoms with Crippen molar-refractivity contribution in [3.8, 4) is 0 Å². The van der Waals surface area contributed by atoms with E-state index in [0.717, 1.165) is 18.7 Å². The third-order valence-corrected chi connectivity index (χ3v) is 2.19. The van der Waals surface area contributed by atoms with Crippen LogP contribution in [0.4, 0.5) is 10.1 Å². The molecule has 0 bridgehead atoms. The highest BCUT2D eigenvalue weighted by atomic mass is 19.1. The Morgan fingerprint density at radius 3 is 2.40 bits per heavy atom. The summed E-state index contributed by atoms with van der Waals surface area (Å²) in [7, 11) is 0. The molecule has 0 aromatic heterocycles. The number of nitrogens with two attached hydrogens (primary N) is 1. The highest BCUT2D eigenvalue weighted by Gasteiger charge is 2.04. The minimum atomic E-state index is -0.216. The molecule has 1 rings (SSSR count). The number of rotatable bonds is 5. The Labute approximate surface area is 90.7 Å². The normalized spacial score (nSPS) is 12.9. The molecule has 1 aromatic rings. The van der Waals surface area contributed by atoms with E-state index in [4.69, 9.17) is 5.73 Å². The van der Waals surface area contributed by atoms with E-state index >= 15 is 0 Å². The molecule has 1 aromatic carbocycles. The van der Waals surface area contributed by atoms with Gasteiger partial charge in [0, 0.05) is 18.3 Å². The van der Waals surface area contributed by atoms with Gasteiger partial charge in [-0.15, -0.1) is 0 Å². The standard InChI is InChI=1S/C12H19FN2/c1-9(2)7-11(14)8-15-12-5-3-10(13)4-6-12/h3-6,9,11,15H,7-8,14H2,1-2H3. The zero-order valence-corrected chi connectivity index (χ0v) is 9.33. The van der Waals surface area contributed by atoms with Crippen LogP contribution >= 0.6 is 0 Å². The lowest BCUT2D eigenvalue weighted by Gasteiger charge is -2.15. The lowest BCUT2D eigenvalue weighted by molar-refractivity contribution is 0.508. The summed E-state index contributed by atoms with van der Waals surface area (Å²) in [4.78, 5) is 0. The van der Waals surface area contributed by atoms with Crippen LogP contribution in [0.15, 0.2) is 24.3 Å². The van der Waals surface area contributed by atoms with Gasteiger partial charge >= 0.3 is 0 Å². The summed E-state index contributed by atoms with van der Waals surface area (Å²) in [5, 5.41) is 3.19. The molecule has 1 atom stereocenters. The van der Waals surface area contributed by atoms with Gasteiger partial charge < -0.3 is 11.1 Å². The molecular weight excluding hydrogens is 191 g/mol. The summed E-state index contributed by atoms with van der Waals surface area (Å²) in [6.45, 7) is 5.03. The summed E-state index contributed by atoms with van der Waals surface area (Å²) in [5.74, 6) is 0.391. The van der Waals surface area contributed by atoms with Gasteiger partial charge in [-0.2, -0.15) is 0 Å². The van der Waals surface area contributed by atoms with Gasteiger partial charge in [-0.25, -0.2) is 4.39 Å². The molecule has 0 fully saturated rings. The molecule has 1 unspecified atom stereocenters. The molecular formula is C12H19FN2. The van der Waals surface area contributed by atoms with Crippen molar-refractivity contribution in [1.82, 2.24) is 0 Å². The summed E-state index contributed by atoms with van der Waals surface area (Å²) in [6.07, 6.45) is 0.994. The highest BCUT2D eigenvalue weighted by molar-refractivity contribution is 5.42. The van der Waals surface area contributed by atoms with Crippen LogP contribution in [-0.4, -0.2) is 12.6 Å². The average molecular weight is 210 g/mol. The van der Waals surface area contributed by atoms with Gasteiger partial charge in [0.15, 0.2) is 0 Å². The second kappa shape index (κ2) is 5.71. The molecule has 84 valence electrons. The van der Waals surface area contributed by atoms with Crippen molar-refractivity contribution >= 4 is 5.69 Å². The Morgan fingerprint density at radius 1 is 1.27 bits per heavy atom. The van der Waals surface area contributed by atoms with Crippen molar-refractivity contribution in [1.29, 1.82) is 0 Å². The first-order valence-corrected chi connectivity index (χ1v) is 5.33. The molecule has 0 radical (unpaired) electrons. The third-order valence-electron chi connectivity index (χ3n) is 2.19. The Morgan fingerprint density at radius 2 is 1.87 bits per heavy atom. The summed E-state index contributed by atoms with van der Waals surface area (Å²) >= 11 is 0. The summed E-state index contributed by atoms with van der Waals surface area (Å²) < 4.78 is 12.6. The second-order valence-corrected chi connectivity index (χ2v) is 4.28. The molecule has 3 N–H and O–H groups in total. The van der Waals surface area contributed by atoms with E-state index < -0.39 is 0 Å². The molecule has 0 aliphatic heterocycles. The molecule has 0 spiro atoms. The van der Waals surface area contributed by atoms with Gasteiger partial charge in [0.25, 0.3) is 0 Å². The zero-order valence-electron chi connectivity index (χ0n) is 9.33. The third kappa shape index (κ3) is 4.79. The summed E-state index contributed by atoms with van der Waals surface area (Å²) in [5.41, 5.74) is 6.83. The van der Waals surface area contributed by atoms with E-state index in [0.29, 0.717) is 5.92 Å². The molecule has 0 saturated heterocycles. The van der Waals surface area contributed by atoms with E-state index in [1.165, 1.54) is 12.1 Å². The fourth-order valence-corrected chi connectivity index (χ4v) is 1.51. The Kier molecular flexibility index (Phi) is 4.56. The topological polar surface area (TPSA) is 38.0 Å². The van der Waals surface area contributed by atoms with Crippen LogP contribution in [0.1, 0.15) is 20.3 Å². The quantitative estimate of drug-likeness (QED) is 0.784. The van der Waals surface area contributed by atoms with Gasteiger partial charge in [0.1, 0.15) is 5.82 Å². The van der Waals surface area contributed by atoms with Crippen LogP contribution in [0.3, 0.4) is 0 Å². The molecule has 2 nitrogen and oxygen atoms in total. The first-order valence-electron chi connectivity index (χ1n) is 5.33. The second-order valence-electron chi connectivity index (χ2n) is 4.28. The van der Waals surface area contributed by atoms with Crippen molar-refractivity contribution in [3.05, 3.63) is 30.1 Å². The van der Waals surface area contributed by atoms with Gasteiger partial charge in [-0.1, -0.05) is 13.8 Å². The molecule has 0 saturated carbocycles. The van der Waals surface area contributed by atoms with Crippen LogP contribution < -0.4 is 11.1 Å². The van der Waals surface area contributed by atoms with Crippen molar-refractivity contribution in [2.45, 2.75) is 26.3 Å². The maximum Gasteiger partial charge on any atom is 0.123 e. The average Bonchev–Trinajstić information content (AvgIpc) is 2.16. The predicted octanol–water partition coefficient (Wildman–Crippen LogP) is 2.61. The lowest BCUT2D eigenvalue weighted by Crippen LogP contribution is -2.30. The largest absolute Gasteiger partial charge is 0.383 e. The summed E-state index contributed by atoms with van der Waals surface area (Å²) in [6, 6.07) is 6.47. The first-order chi connectivity index (χ1) is 7.08. The van der Waals surface area contributed by atoms with Crippen LogP contribution in [0.25, 0.3) is 0 Å². The van der Waals surface area contributed by atoms with Gasteiger partial charge in [0.2, 0.25) is 0 Å². The van der Waals surface area contributed by atoms with E-state index in [2.05, 4.69) is 19.2 Å². The predicted molar refractivity (Wildman–Crippen MR) is 62.3 cm³/mol. The smallest absolute Gasteiger partial charge is 0.123 e. The maximum absolute atomic E-state index is 12.6. The number of halogens is 1. The number of hydrogen-bond donors (Lipinski definition) is 2. The lowest BCUT2D eigenvalue weighted by atomic mass is 10.0. The van der Waals surface area contributed by atoms with Crippen LogP contribution in [0.2, 0.25) is 0 Å². The fraction of sp³-hybridized carbons (Fsp3) is 0.500. The van der Waals surface area contributed by atoms with E-state index in [1.54, 1.807) is 12.1 Å².